The zero-order valence-electron chi connectivity index (χ0n) is 10.8. The number of aryl methyl sites for hydroxylation is 1. The Morgan fingerprint density at radius 2 is 1.80 bits per heavy atom. The maximum atomic E-state index is 4.52. The quantitative estimate of drug-likeness (QED) is 0.572. The maximum Gasteiger partial charge on any atom is 0.178 e. The Labute approximate surface area is 114 Å². The normalized spacial score (nSPS) is 11.2. The molecule has 0 saturated carbocycles. The van der Waals surface area contributed by atoms with Crippen LogP contribution in [-0.4, -0.2) is 24.9 Å². The van der Waals surface area contributed by atoms with Crippen LogP contribution in [0, 0.1) is 6.92 Å². The van der Waals surface area contributed by atoms with E-state index in [1.807, 2.05) is 37.4 Å². The lowest BCUT2D eigenvalue weighted by Crippen LogP contribution is -1.85. The van der Waals surface area contributed by atoms with E-state index >= 15 is 0 Å². The van der Waals surface area contributed by atoms with Crippen LogP contribution in [0.3, 0.4) is 0 Å². The van der Waals surface area contributed by atoms with Crippen molar-refractivity contribution in [2.24, 2.45) is 0 Å². The summed E-state index contributed by atoms with van der Waals surface area (Å²) in [5.41, 5.74) is 5.49. The maximum absolute atomic E-state index is 4.52. The lowest BCUT2D eigenvalue weighted by atomic mass is 10.2. The van der Waals surface area contributed by atoms with E-state index in [4.69, 9.17) is 0 Å². The Morgan fingerprint density at radius 3 is 2.70 bits per heavy atom. The molecule has 0 atom stereocenters. The van der Waals surface area contributed by atoms with Crippen LogP contribution < -0.4 is 0 Å². The number of aromatic nitrogens is 5. The van der Waals surface area contributed by atoms with E-state index in [0.29, 0.717) is 0 Å². The third-order valence-electron chi connectivity index (χ3n) is 3.22. The molecule has 0 aliphatic rings. The van der Waals surface area contributed by atoms with Crippen molar-refractivity contribution in [1.82, 2.24) is 24.9 Å². The predicted octanol–water partition coefficient (Wildman–Crippen LogP) is 2.88. The number of hydrogen-bond acceptors (Lipinski definition) is 4. The van der Waals surface area contributed by atoms with E-state index in [9.17, 15) is 0 Å². The van der Waals surface area contributed by atoms with Gasteiger partial charge in [-0.15, -0.1) is 0 Å². The van der Waals surface area contributed by atoms with Crippen molar-refractivity contribution < 1.29 is 0 Å². The molecule has 4 aromatic rings. The van der Waals surface area contributed by atoms with E-state index in [0.717, 1.165) is 39.1 Å². The van der Waals surface area contributed by atoms with Crippen LogP contribution in [0.2, 0.25) is 0 Å². The fraction of sp³-hybridized carbons (Fsp3) is 0.0667. The first-order chi connectivity index (χ1) is 9.79. The molecule has 1 N–H and O–H groups in total. The standard InChI is InChI=1S/C15H11N5/c1-9-6-13-15(18-8-9)20-14(19-13)10-2-3-11-12(7-10)17-5-4-16-11/h2-8H,1H3,(H,18,19,20). The zero-order valence-corrected chi connectivity index (χ0v) is 10.8. The minimum atomic E-state index is 0.727. The molecule has 20 heavy (non-hydrogen) atoms. The Hall–Kier alpha value is -2.82. The molecule has 4 rings (SSSR count). The Bertz CT molecular complexity index is 926. The molecule has 0 aliphatic carbocycles. The van der Waals surface area contributed by atoms with Gasteiger partial charge in [-0.1, -0.05) is 0 Å². The lowest BCUT2D eigenvalue weighted by molar-refractivity contribution is 1.27. The van der Waals surface area contributed by atoms with Gasteiger partial charge in [-0.3, -0.25) is 9.97 Å². The van der Waals surface area contributed by atoms with Crippen molar-refractivity contribution in [3.05, 3.63) is 48.4 Å². The number of hydrogen-bond donors (Lipinski definition) is 1. The number of benzene rings is 1. The van der Waals surface area contributed by atoms with Crippen molar-refractivity contribution in [1.29, 1.82) is 0 Å². The first-order valence-corrected chi connectivity index (χ1v) is 6.33. The molecule has 3 aromatic heterocycles. The summed E-state index contributed by atoms with van der Waals surface area (Å²) in [6, 6.07) is 7.96. The molecule has 0 saturated heterocycles. The second-order valence-electron chi connectivity index (χ2n) is 4.73. The van der Waals surface area contributed by atoms with Crippen molar-refractivity contribution in [3.63, 3.8) is 0 Å². The van der Waals surface area contributed by atoms with Gasteiger partial charge < -0.3 is 4.98 Å². The molecule has 0 bridgehead atoms. The molecule has 1 aromatic carbocycles. The van der Waals surface area contributed by atoms with Gasteiger partial charge in [-0.2, -0.15) is 0 Å². The van der Waals surface area contributed by atoms with Gasteiger partial charge in [0.15, 0.2) is 5.65 Å². The molecule has 0 fully saturated rings. The monoisotopic (exact) mass is 261 g/mol. The lowest BCUT2D eigenvalue weighted by Gasteiger charge is -1.99. The van der Waals surface area contributed by atoms with Crippen molar-refractivity contribution in [3.8, 4) is 11.4 Å². The number of aromatic amines is 1. The average Bonchev–Trinajstić information content (AvgIpc) is 2.89. The summed E-state index contributed by atoms with van der Waals surface area (Å²) in [5, 5.41) is 0. The number of H-pyrrole nitrogens is 1. The summed E-state index contributed by atoms with van der Waals surface area (Å²) >= 11 is 0. The van der Waals surface area contributed by atoms with E-state index in [1.165, 1.54) is 0 Å². The highest BCUT2D eigenvalue weighted by atomic mass is 15.0. The molecule has 5 nitrogen and oxygen atoms in total. The Morgan fingerprint density at radius 1 is 0.950 bits per heavy atom. The third kappa shape index (κ3) is 1.72. The van der Waals surface area contributed by atoms with Gasteiger partial charge >= 0.3 is 0 Å². The summed E-state index contributed by atoms with van der Waals surface area (Å²) in [6.45, 7) is 2.01. The van der Waals surface area contributed by atoms with Crippen LogP contribution in [-0.2, 0) is 0 Å². The number of rotatable bonds is 1. The summed E-state index contributed by atoms with van der Waals surface area (Å²) in [7, 11) is 0. The fourth-order valence-electron chi connectivity index (χ4n) is 2.25. The molecule has 0 amide bonds. The number of imidazole rings is 1. The summed E-state index contributed by atoms with van der Waals surface area (Å²) in [6.07, 6.45) is 5.20. The first kappa shape index (κ1) is 11.0. The predicted molar refractivity (Wildman–Crippen MR) is 77.2 cm³/mol. The van der Waals surface area contributed by atoms with Crippen LogP contribution in [0.15, 0.2) is 42.9 Å². The van der Waals surface area contributed by atoms with Crippen LogP contribution in [0.1, 0.15) is 5.56 Å². The number of pyridine rings is 1. The summed E-state index contributed by atoms with van der Waals surface area (Å²) in [5.74, 6) is 0.797. The SMILES string of the molecule is Cc1cnc2nc(-c3ccc4nccnc4c3)[nH]c2c1. The van der Waals surface area contributed by atoms with E-state index in [-0.39, 0.29) is 0 Å². The van der Waals surface area contributed by atoms with Gasteiger partial charge in [0.25, 0.3) is 0 Å². The van der Waals surface area contributed by atoms with Gasteiger partial charge in [-0.05, 0) is 36.8 Å². The second-order valence-corrected chi connectivity index (χ2v) is 4.73. The zero-order chi connectivity index (χ0) is 13.5. The third-order valence-corrected chi connectivity index (χ3v) is 3.22. The molecule has 0 radical (unpaired) electrons. The molecule has 3 heterocycles. The van der Waals surface area contributed by atoms with E-state index in [2.05, 4.69) is 24.9 Å². The minimum absolute atomic E-state index is 0.727. The molecular formula is C15H11N5. The van der Waals surface area contributed by atoms with Crippen LogP contribution in [0.25, 0.3) is 33.6 Å². The van der Waals surface area contributed by atoms with Crippen LogP contribution in [0.5, 0.6) is 0 Å². The largest absolute Gasteiger partial charge is 0.337 e. The van der Waals surface area contributed by atoms with Crippen LogP contribution in [0.4, 0.5) is 0 Å². The highest BCUT2D eigenvalue weighted by Gasteiger charge is 2.07. The Balaban J connectivity index is 1.91. The molecule has 5 heteroatoms. The Kier molecular flexibility index (Phi) is 2.26. The van der Waals surface area contributed by atoms with Crippen molar-refractivity contribution in [2.75, 3.05) is 0 Å². The molecular weight excluding hydrogens is 250 g/mol. The molecule has 96 valence electrons. The first-order valence-electron chi connectivity index (χ1n) is 6.33. The molecule has 0 aliphatic heterocycles. The van der Waals surface area contributed by atoms with Gasteiger partial charge in [0, 0.05) is 24.2 Å². The number of nitrogens with zero attached hydrogens (tertiary/aromatic N) is 4. The summed E-state index contributed by atoms with van der Waals surface area (Å²) in [4.78, 5) is 20.7. The van der Waals surface area contributed by atoms with Gasteiger partial charge in [-0.25, -0.2) is 9.97 Å². The van der Waals surface area contributed by atoms with E-state index < -0.39 is 0 Å². The highest BCUT2D eigenvalue weighted by Crippen LogP contribution is 2.22. The number of nitrogens with one attached hydrogen (secondary N) is 1. The summed E-state index contributed by atoms with van der Waals surface area (Å²) < 4.78 is 0. The van der Waals surface area contributed by atoms with Gasteiger partial charge in [0.05, 0.1) is 16.6 Å². The fourth-order valence-corrected chi connectivity index (χ4v) is 2.25. The average molecular weight is 261 g/mol. The van der Waals surface area contributed by atoms with E-state index in [1.54, 1.807) is 12.4 Å². The highest BCUT2D eigenvalue weighted by molar-refractivity contribution is 5.82. The van der Waals surface area contributed by atoms with Crippen molar-refractivity contribution in [2.45, 2.75) is 6.92 Å². The van der Waals surface area contributed by atoms with Crippen LogP contribution >= 0.6 is 0 Å². The second kappa shape index (κ2) is 4.09. The molecule has 0 unspecified atom stereocenters. The van der Waals surface area contributed by atoms with Crippen molar-refractivity contribution >= 4 is 22.2 Å². The molecule has 0 spiro atoms. The minimum Gasteiger partial charge on any atom is -0.337 e. The topological polar surface area (TPSA) is 67.3 Å². The smallest absolute Gasteiger partial charge is 0.178 e. The van der Waals surface area contributed by atoms with Gasteiger partial charge in [0.1, 0.15) is 5.82 Å². The number of fused-ring (bicyclic) bond motifs is 2. The van der Waals surface area contributed by atoms with Gasteiger partial charge in [0.2, 0.25) is 0 Å².